The van der Waals surface area contributed by atoms with Crippen LogP contribution >= 0.6 is 31.9 Å². The average Bonchev–Trinajstić information content (AvgIpc) is 2.41. The molecule has 0 aliphatic heterocycles. The normalized spacial score (nSPS) is 10.7. The summed E-state index contributed by atoms with van der Waals surface area (Å²) < 4.78 is 5.93. The van der Waals surface area contributed by atoms with Gasteiger partial charge in [0.1, 0.15) is 5.56 Å². The highest BCUT2D eigenvalue weighted by molar-refractivity contribution is 9.10. The Morgan fingerprint density at radius 2 is 2.16 bits per heavy atom. The van der Waals surface area contributed by atoms with Crippen LogP contribution in [0, 0.1) is 0 Å². The molecule has 0 bridgehead atoms. The number of hydrogen-bond donors (Lipinski definition) is 1. The van der Waals surface area contributed by atoms with Gasteiger partial charge in [-0.05, 0) is 41.1 Å². The predicted octanol–water partition coefficient (Wildman–Crippen LogP) is 3.56. The van der Waals surface area contributed by atoms with Gasteiger partial charge in [-0.3, -0.25) is 4.79 Å². The van der Waals surface area contributed by atoms with E-state index in [0.29, 0.717) is 15.4 Å². The van der Waals surface area contributed by atoms with E-state index in [1.54, 1.807) is 6.07 Å². The molecule has 0 aliphatic carbocycles. The van der Waals surface area contributed by atoms with Crippen molar-refractivity contribution in [2.75, 3.05) is 17.2 Å². The number of halogens is 2. The lowest BCUT2D eigenvalue weighted by molar-refractivity contribution is 0.102. The van der Waals surface area contributed by atoms with Gasteiger partial charge in [-0.2, -0.15) is 0 Å². The number of fused-ring (bicyclic) bond motifs is 1. The summed E-state index contributed by atoms with van der Waals surface area (Å²) in [5, 5.41) is 3.96. The van der Waals surface area contributed by atoms with E-state index in [-0.39, 0.29) is 16.7 Å². The van der Waals surface area contributed by atoms with Gasteiger partial charge in [0.2, 0.25) is 0 Å². The Balaban J connectivity index is 2.67. The van der Waals surface area contributed by atoms with Gasteiger partial charge in [-0.25, -0.2) is 4.79 Å². The van der Waals surface area contributed by atoms with Gasteiger partial charge in [0.05, 0.1) is 15.5 Å². The number of nitrogens with one attached hydrogen (secondary N) is 1. The van der Waals surface area contributed by atoms with Gasteiger partial charge in [-0.1, -0.05) is 15.9 Å². The summed E-state index contributed by atoms with van der Waals surface area (Å²) in [6.07, 6.45) is 0. The minimum atomic E-state index is -0.619. The number of benzene rings is 1. The predicted molar refractivity (Wildman–Crippen MR) is 82.5 cm³/mol. The lowest BCUT2D eigenvalue weighted by Crippen LogP contribution is -2.14. The molecule has 2 rings (SSSR count). The first kappa shape index (κ1) is 14.3. The number of rotatable bonds is 4. The zero-order valence-electron chi connectivity index (χ0n) is 10.1. The number of hydrogen-bond acceptors (Lipinski definition) is 4. The Morgan fingerprint density at radius 1 is 1.42 bits per heavy atom. The van der Waals surface area contributed by atoms with E-state index in [4.69, 9.17) is 4.42 Å². The van der Waals surface area contributed by atoms with E-state index < -0.39 is 5.63 Å². The van der Waals surface area contributed by atoms with Crippen molar-refractivity contribution in [1.82, 2.24) is 0 Å². The van der Waals surface area contributed by atoms with Gasteiger partial charge in [0.25, 0.3) is 0 Å². The molecule has 0 amide bonds. The second-order valence-electron chi connectivity index (χ2n) is 3.88. The van der Waals surface area contributed by atoms with Crippen LogP contribution in [0.3, 0.4) is 0 Å². The maximum Gasteiger partial charge on any atom is 0.347 e. The Morgan fingerprint density at radius 3 is 2.79 bits per heavy atom. The fourth-order valence-electron chi connectivity index (χ4n) is 1.74. The van der Waals surface area contributed by atoms with Crippen LogP contribution in [0.1, 0.15) is 17.3 Å². The zero-order valence-corrected chi connectivity index (χ0v) is 13.3. The SMILES string of the molecule is CCNc1ccc2cc(C(=O)CBr)c(=O)oc2c1Br. The minimum Gasteiger partial charge on any atom is -0.421 e. The van der Waals surface area contributed by atoms with Crippen LogP contribution in [0.2, 0.25) is 0 Å². The first-order valence-corrected chi connectivity index (χ1v) is 7.59. The van der Waals surface area contributed by atoms with Crippen molar-refractivity contribution < 1.29 is 9.21 Å². The lowest BCUT2D eigenvalue weighted by Gasteiger charge is -2.08. The van der Waals surface area contributed by atoms with Crippen molar-refractivity contribution in [2.45, 2.75) is 6.92 Å². The number of anilines is 1. The molecule has 0 saturated carbocycles. The number of carbonyl (C=O) groups is 1. The van der Waals surface area contributed by atoms with E-state index in [9.17, 15) is 9.59 Å². The first-order valence-electron chi connectivity index (χ1n) is 5.67. The maximum atomic E-state index is 11.8. The highest BCUT2D eigenvalue weighted by atomic mass is 79.9. The molecule has 19 heavy (non-hydrogen) atoms. The number of alkyl halides is 1. The molecule has 6 heteroatoms. The molecule has 1 N–H and O–H groups in total. The molecule has 1 aromatic heterocycles. The summed E-state index contributed by atoms with van der Waals surface area (Å²) in [6, 6.07) is 5.25. The van der Waals surface area contributed by atoms with Crippen molar-refractivity contribution in [3.05, 3.63) is 38.7 Å². The van der Waals surface area contributed by atoms with E-state index in [0.717, 1.165) is 12.2 Å². The molecule has 0 radical (unpaired) electrons. The molecule has 100 valence electrons. The fourth-order valence-corrected chi connectivity index (χ4v) is 2.63. The highest BCUT2D eigenvalue weighted by Crippen LogP contribution is 2.31. The molecule has 0 saturated heterocycles. The van der Waals surface area contributed by atoms with Crippen molar-refractivity contribution in [3.63, 3.8) is 0 Å². The molecule has 0 aliphatic rings. The first-order chi connectivity index (χ1) is 9.08. The van der Waals surface area contributed by atoms with Crippen molar-refractivity contribution >= 4 is 54.3 Å². The molecular formula is C13H11Br2NO3. The van der Waals surface area contributed by atoms with E-state index in [2.05, 4.69) is 37.2 Å². The molecule has 0 spiro atoms. The quantitative estimate of drug-likeness (QED) is 0.494. The van der Waals surface area contributed by atoms with Crippen LogP contribution in [0.25, 0.3) is 11.0 Å². The number of ketones is 1. The van der Waals surface area contributed by atoms with Gasteiger partial charge < -0.3 is 9.73 Å². The molecule has 0 fully saturated rings. The molecule has 1 aromatic carbocycles. The second kappa shape index (κ2) is 5.88. The van der Waals surface area contributed by atoms with Crippen LogP contribution in [0.5, 0.6) is 0 Å². The number of Topliss-reactive ketones (excluding diaryl/α,β-unsaturated/α-hetero) is 1. The third-order valence-corrected chi connectivity index (χ3v) is 3.93. The summed E-state index contributed by atoms with van der Waals surface area (Å²) in [5.74, 6) is -0.289. The van der Waals surface area contributed by atoms with Crippen molar-refractivity contribution in [3.8, 4) is 0 Å². The zero-order chi connectivity index (χ0) is 14.0. The maximum absolute atomic E-state index is 11.8. The lowest BCUT2D eigenvalue weighted by atomic mass is 10.1. The second-order valence-corrected chi connectivity index (χ2v) is 5.23. The van der Waals surface area contributed by atoms with E-state index in [1.165, 1.54) is 0 Å². The highest BCUT2D eigenvalue weighted by Gasteiger charge is 2.15. The minimum absolute atomic E-state index is 0.0625. The molecule has 0 atom stereocenters. The summed E-state index contributed by atoms with van der Waals surface area (Å²) >= 11 is 6.45. The van der Waals surface area contributed by atoms with Gasteiger partial charge in [0.15, 0.2) is 11.4 Å². The fraction of sp³-hybridized carbons (Fsp3) is 0.231. The average molecular weight is 389 g/mol. The molecule has 2 aromatic rings. The summed E-state index contributed by atoms with van der Waals surface area (Å²) in [7, 11) is 0. The van der Waals surface area contributed by atoms with Gasteiger partial charge >= 0.3 is 5.63 Å². The Bertz CT molecular complexity index is 694. The van der Waals surface area contributed by atoms with Gasteiger partial charge in [-0.15, -0.1) is 0 Å². The standard InChI is InChI=1S/C13H11Br2NO3/c1-2-16-9-4-3-7-5-8(10(17)6-14)13(18)19-12(7)11(9)15/h3-5,16H,2,6H2,1H3. The molecule has 4 nitrogen and oxygen atoms in total. The summed E-state index contributed by atoms with van der Waals surface area (Å²) in [6.45, 7) is 2.74. The van der Waals surface area contributed by atoms with Crippen LogP contribution in [-0.2, 0) is 0 Å². The largest absolute Gasteiger partial charge is 0.421 e. The van der Waals surface area contributed by atoms with Crippen molar-refractivity contribution in [1.29, 1.82) is 0 Å². The molecule has 0 unspecified atom stereocenters. The number of carbonyl (C=O) groups excluding carboxylic acids is 1. The van der Waals surface area contributed by atoms with Crippen LogP contribution in [0.15, 0.2) is 31.9 Å². The third kappa shape index (κ3) is 2.74. The third-order valence-electron chi connectivity index (χ3n) is 2.63. The topological polar surface area (TPSA) is 59.3 Å². The van der Waals surface area contributed by atoms with Crippen molar-refractivity contribution in [2.24, 2.45) is 0 Å². The van der Waals surface area contributed by atoms with E-state index >= 15 is 0 Å². The Kier molecular flexibility index (Phi) is 4.42. The Labute approximate surface area is 126 Å². The van der Waals surface area contributed by atoms with E-state index in [1.807, 2.05) is 19.1 Å². The Hall–Kier alpha value is -1.14. The van der Waals surface area contributed by atoms with Crippen LogP contribution in [-0.4, -0.2) is 17.7 Å². The summed E-state index contributed by atoms with van der Waals surface area (Å²) in [4.78, 5) is 23.4. The monoisotopic (exact) mass is 387 g/mol. The molecule has 1 heterocycles. The molecular weight excluding hydrogens is 378 g/mol. The smallest absolute Gasteiger partial charge is 0.347 e. The van der Waals surface area contributed by atoms with Crippen LogP contribution < -0.4 is 10.9 Å². The summed E-state index contributed by atoms with van der Waals surface area (Å²) in [5.41, 5.74) is 0.728. The van der Waals surface area contributed by atoms with Gasteiger partial charge in [0, 0.05) is 11.9 Å². The van der Waals surface area contributed by atoms with Crippen LogP contribution in [0.4, 0.5) is 5.69 Å².